The van der Waals surface area contributed by atoms with Crippen molar-refractivity contribution in [1.82, 2.24) is 83.7 Å². The second-order valence-corrected chi connectivity index (χ2v) is 24.9. The Balaban J connectivity index is 1.66. The third-order valence-electron chi connectivity index (χ3n) is 14.4. The molecule has 2 aromatic heterocycles. The summed E-state index contributed by atoms with van der Waals surface area (Å²) in [6, 6.07) is -4.33. The highest BCUT2D eigenvalue weighted by molar-refractivity contribution is 7.98. The monoisotopic (exact) mass is 1370 g/mol. The number of hydrogen-bond acceptors (Lipinski definition) is 19. The molecule has 35 heteroatoms. The van der Waals surface area contributed by atoms with Crippen molar-refractivity contribution in [2.45, 2.75) is 147 Å². The molecule has 0 bridgehead atoms. The van der Waals surface area contributed by atoms with Crippen LogP contribution < -0.4 is 75.3 Å². The zero-order valence-electron chi connectivity index (χ0n) is 54.8. The Morgan fingerprint density at radius 1 is 0.600 bits per heavy atom. The van der Waals surface area contributed by atoms with Gasteiger partial charge in [-0.1, -0.05) is 45.9 Å². The zero-order valence-corrected chi connectivity index (χ0v) is 56.5. The number of nitrogens with zero attached hydrogens (tertiary/aromatic N) is 2. The van der Waals surface area contributed by atoms with Crippen LogP contribution in [-0.2, 0) is 80.0 Å². The molecule has 2 heterocycles. The summed E-state index contributed by atoms with van der Waals surface area (Å²) in [6.07, 6.45) is 6.08. The molecule has 1 unspecified atom stereocenters. The number of amides is 14. The molecule has 14 amide bonds. The van der Waals surface area contributed by atoms with Gasteiger partial charge >= 0.3 is 0 Å². The van der Waals surface area contributed by atoms with Gasteiger partial charge < -0.3 is 95.2 Å². The molecule has 0 saturated heterocycles. The smallest absolute Gasteiger partial charge is 0.245 e. The van der Waals surface area contributed by atoms with Crippen LogP contribution in [0.4, 0.5) is 0 Å². The molecule has 19 N–H and O–H groups in total. The highest BCUT2D eigenvalue weighted by atomic mass is 32.2. The number of nitrogens with one attached hydrogen (secondary N) is 14. The van der Waals surface area contributed by atoms with E-state index in [1.165, 1.54) is 31.2 Å². The first-order chi connectivity index (χ1) is 45.0. The van der Waals surface area contributed by atoms with Gasteiger partial charge in [0.25, 0.3) is 0 Å². The summed E-state index contributed by atoms with van der Waals surface area (Å²) in [6.45, 7) is 6.31. The maximum atomic E-state index is 14.3. The lowest BCUT2D eigenvalue weighted by molar-refractivity contribution is -0.135. The number of likely N-dealkylation sites (N-methyl/N-ethyl adjacent to an activating group) is 1. The van der Waals surface area contributed by atoms with Gasteiger partial charge in [0.1, 0.15) is 54.4 Å². The molecular formula is C60H94N18O15S2. The summed E-state index contributed by atoms with van der Waals surface area (Å²) >= 11 is 5.54. The minimum Gasteiger partial charge on any atom is -0.394 e. The van der Waals surface area contributed by atoms with Crippen molar-refractivity contribution in [2.24, 2.45) is 23.3 Å². The standard InChI is InChI=1S/C60H94N18O15S2/c1-32(2)21-41(57(90)73-39(52(62)85)18-20-95-8)74-58(91)43(23-36-25-63-31-68-36)71-49(83)27-67-60(93)51(33(3)4)77-53(86)34(5)69-56(89)42(22-35-24-65-38-14-10-9-13-37(35)38)75-55(88)40(16-17-46(61)80)70-47(81)15-11-12-19-64-48(82)26-66-54(87)45(30-94)76-59(92)44(29-79)72-50(84)28-78(6)7/h9-10,13-14,24-25,31-34,39-45,51,65,79,94H,11-12,15-23,26-30H2,1-8H3,(H2,61,80)(H2,62,85)(H,63,68)(H,64,82)(H,66,87)(H,67,93)(H,69,89)(H,70,81)(H,71,83)(H,72,84)(H,73,90)(H,74,91)(H,75,88)(H,76,92)(H,77,86)/t34-,39-,40-,41-,42-,43-,44-,45?,51-/m0/s1. The normalized spacial score (nSPS) is 14.0. The maximum Gasteiger partial charge on any atom is 0.245 e. The van der Waals surface area contributed by atoms with Crippen molar-refractivity contribution in [3.05, 3.63) is 54.2 Å². The molecule has 0 aliphatic heterocycles. The average Bonchev–Trinajstić information content (AvgIpc) is 1.72. The van der Waals surface area contributed by atoms with Gasteiger partial charge in [-0.05, 0) is 88.6 Å². The Morgan fingerprint density at radius 2 is 1.19 bits per heavy atom. The van der Waals surface area contributed by atoms with E-state index in [2.05, 4.69) is 91.4 Å². The number of rotatable bonds is 44. The summed E-state index contributed by atoms with van der Waals surface area (Å²) in [5.41, 5.74) is 12.7. The Bertz CT molecular complexity index is 3090. The van der Waals surface area contributed by atoms with E-state index in [4.69, 9.17) is 11.5 Å². The highest BCUT2D eigenvalue weighted by Crippen LogP contribution is 2.20. The van der Waals surface area contributed by atoms with Crippen LogP contribution in [0.25, 0.3) is 10.9 Å². The molecule has 33 nitrogen and oxygen atoms in total. The number of thiol groups is 1. The maximum absolute atomic E-state index is 14.3. The third-order valence-corrected chi connectivity index (χ3v) is 15.4. The molecule has 3 rings (SSSR count). The minimum absolute atomic E-state index is 0.0569. The first-order valence-electron chi connectivity index (χ1n) is 30.9. The van der Waals surface area contributed by atoms with Gasteiger partial charge in [-0.15, -0.1) is 0 Å². The van der Waals surface area contributed by atoms with E-state index in [0.29, 0.717) is 27.9 Å². The van der Waals surface area contributed by atoms with Gasteiger partial charge in [0.15, 0.2) is 0 Å². The molecule has 0 aliphatic rings. The lowest BCUT2D eigenvalue weighted by atomic mass is 10.0. The number of aliphatic hydroxyl groups excluding tert-OH is 1. The lowest BCUT2D eigenvalue weighted by Gasteiger charge is -2.26. The number of para-hydroxylation sites is 1. The predicted molar refractivity (Wildman–Crippen MR) is 355 cm³/mol. The number of thioether (sulfide) groups is 1. The van der Waals surface area contributed by atoms with Gasteiger partial charge in [-0.25, -0.2) is 4.98 Å². The molecule has 0 radical (unpaired) electrons. The van der Waals surface area contributed by atoms with Crippen molar-refractivity contribution >= 4 is 118 Å². The lowest BCUT2D eigenvalue weighted by Crippen LogP contribution is -2.59. The second-order valence-electron chi connectivity index (χ2n) is 23.6. The zero-order chi connectivity index (χ0) is 70.9. The second kappa shape index (κ2) is 41.8. The predicted octanol–water partition coefficient (Wildman–Crippen LogP) is -4.73. The first kappa shape index (κ1) is 80.4. The molecule has 0 spiro atoms. The van der Waals surface area contributed by atoms with E-state index in [1.54, 1.807) is 63.3 Å². The van der Waals surface area contributed by atoms with E-state index in [-0.39, 0.29) is 82.5 Å². The molecule has 0 fully saturated rings. The number of hydrogen-bond donors (Lipinski definition) is 18. The van der Waals surface area contributed by atoms with E-state index >= 15 is 0 Å². The van der Waals surface area contributed by atoms with Crippen LogP contribution in [0.2, 0.25) is 0 Å². The molecule has 1 aromatic carbocycles. The SMILES string of the molecule is CSCC[C@H](NC(=O)[C@H](CC(C)C)NC(=O)[C@H](Cc1cnc[nH]1)NC(=O)CNC(=O)[C@@H](NC(=O)[C@H](C)NC(=O)[C@H](Cc1c[nH]c2ccccc12)NC(=O)[C@H](CCC(N)=O)NC(=O)CCCCNC(=O)CNC(=O)C(CS)NC(=O)[C@H](CO)NC(=O)CN(C)C)C(C)C)C(N)=O. The molecule has 0 saturated carbocycles. The fourth-order valence-corrected chi connectivity index (χ4v) is 10.0. The van der Waals surface area contributed by atoms with Crippen LogP contribution in [0.1, 0.15) is 90.8 Å². The number of aliphatic hydroxyl groups is 1. The highest BCUT2D eigenvalue weighted by Gasteiger charge is 2.34. The summed E-state index contributed by atoms with van der Waals surface area (Å²) in [5.74, 6) is -10.9. The number of aromatic nitrogens is 3. The number of primary amides is 2. The average molecular weight is 1370 g/mol. The summed E-state index contributed by atoms with van der Waals surface area (Å²) in [4.78, 5) is 196. The van der Waals surface area contributed by atoms with Gasteiger partial charge in [-0.2, -0.15) is 24.4 Å². The van der Waals surface area contributed by atoms with Crippen molar-refractivity contribution in [1.29, 1.82) is 0 Å². The number of H-pyrrole nitrogens is 2. The molecular weight excluding hydrogens is 1280 g/mol. The third kappa shape index (κ3) is 29.6. The van der Waals surface area contributed by atoms with E-state index < -0.39 is 163 Å². The van der Waals surface area contributed by atoms with E-state index in [1.807, 2.05) is 20.1 Å². The summed E-state index contributed by atoms with van der Waals surface area (Å²) in [7, 11) is 3.27. The van der Waals surface area contributed by atoms with Crippen LogP contribution in [0.15, 0.2) is 43.0 Å². The number of imidazole rings is 1. The van der Waals surface area contributed by atoms with Gasteiger partial charge in [0.05, 0.1) is 32.6 Å². The Morgan fingerprint density at radius 3 is 1.81 bits per heavy atom. The van der Waals surface area contributed by atoms with Crippen molar-refractivity contribution in [3.8, 4) is 0 Å². The van der Waals surface area contributed by atoms with Crippen LogP contribution in [-0.4, -0.2) is 227 Å². The minimum atomic E-state index is -1.42. The van der Waals surface area contributed by atoms with Crippen LogP contribution >= 0.6 is 24.4 Å². The number of carbonyl (C=O) groups excluding carboxylic acids is 14. The van der Waals surface area contributed by atoms with Crippen LogP contribution in [0.5, 0.6) is 0 Å². The molecule has 95 heavy (non-hydrogen) atoms. The van der Waals surface area contributed by atoms with Crippen LogP contribution in [0, 0.1) is 11.8 Å². The van der Waals surface area contributed by atoms with Crippen molar-refractivity contribution in [3.63, 3.8) is 0 Å². The van der Waals surface area contributed by atoms with Gasteiger partial charge in [0.2, 0.25) is 82.7 Å². The van der Waals surface area contributed by atoms with E-state index in [0.717, 1.165) is 0 Å². The molecule has 3 aromatic rings. The quantitative estimate of drug-likeness (QED) is 0.0187. The topological polar surface area (TPSA) is 503 Å². The summed E-state index contributed by atoms with van der Waals surface area (Å²) in [5, 5.41) is 40.9. The van der Waals surface area contributed by atoms with Gasteiger partial charge in [0, 0.05) is 67.0 Å². The Labute approximate surface area is 560 Å². The number of nitrogens with two attached hydrogens (primary N) is 2. The number of carbonyl (C=O) groups is 14. The largest absolute Gasteiger partial charge is 0.394 e. The Kier molecular flexibility index (Phi) is 35.4. The molecule has 9 atom stereocenters. The molecule has 0 aliphatic carbocycles. The fourth-order valence-electron chi connectivity index (χ4n) is 9.31. The number of fused-ring (bicyclic) bond motifs is 1. The summed E-state index contributed by atoms with van der Waals surface area (Å²) < 4.78 is 0. The van der Waals surface area contributed by atoms with Crippen molar-refractivity contribution in [2.75, 3.05) is 64.6 Å². The number of aromatic amines is 2. The first-order valence-corrected chi connectivity index (χ1v) is 33.0. The van der Waals surface area contributed by atoms with Gasteiger partial charge in [-0.3, -0.25) is 67.1 Å². The molecule has 526 valence electrons. The Hall–Kier alpha value is -8.83. The van der Waals surface area contributed by atoms with E-state index in [9.17, 15) is 72.2 Å². The fraction of sp³-hybridized carbons (Fsp3) is 0.583. The van der Waals surface area contributed by atoms with Crippen molar-refractivity contribution < 1.29 is 72.2 Å². The number of benzene rings is 1. The number of unbranched alkanes of at least 4 members (excludes halogenated alkanes) is 1. The van der Waals surface area contributed by atoms with Crippen LogP contribution in [0.3, 0.4) is 0 Å².